The van der Waals surface area contributed by atoms with Gasteiger partial charge < -0.3 is 82.5 Å². The third kappa shape index (κ3) is 23.9. The maximum absolute atomic E-state index is 14.0. The molecule has 46 heteroatoms. The number of nitrogens with zero attached hydrogens (tertiary/aromatic N) is 9. The van der Waals surface area contributed by atoms with Crippen molar-refractivity contribution in [1.82, 2.24) is 49.8 Å². The highest BCUT2D eigenvalue weighted by molar-refractivity contribution is 7.85. The third-order valence-corrected chi connectivity index (χ3v) is 23.3. The number of nitrogens with two attached hydrogens (primary N) is 4. The Kier molecular flexibility index (Phi) is 29.3. The molecule has 0 saturated heterocycles. The molecule has 0 radical (unpaired) electrons. The fraction of sp³-hybridized carbons (Fsp3) is 0.574. The van der Waals surface area contributed by atoms with Gasteiger partial charge in [-0.25, -0.2) is 64.8 Å². The zero-order chi connectivity index (χ0) is 81.8. The first-order valence-electron chi connectivity index (χ1n) is 36.8. The van der Waals surface area contributed by atoms with E-state index in [-0.39, 0.29) is 69.2 Å². The zero-order valence-electron chi connectivity index (χ0n) is 61.7. The molecule has 626 valence electrons. The van der Waals surface area contributed by atoms with Gasteiger partial charge in [0.15, 0.2) is 11.5 Å². The van der Waals surface area contributed by atoms with Crippen LogP contribution in [0.3, 0.4) is 0 Å². The Hall–Kier alpha value is -7.92. The number of hydrogen-bond acceptors (Lipinski definition) is 36. The SMILES string of the molecule is CO[C@H]1Cc2ccccc2[C@H]1Nc1cc(C[C@@H]2C[C@H](COS(N)(=O)=O)[C@@H](O)[C@H]2O)ncn1.NS(=O)(=O)OC[C@H]1C[C@@H](Nc2cc(N[C@H]3CCc4c(F)cccc43)ncn2)[C@H](O)[C@@H]1O.NS(=O)(=O)OC[C@H]1C[C@@H](Nc2ccnc(NCC3CCCCC3)n2)[C@H](O)[C@@H]1O.NS(=O)(=O)OC[C@H]1C[C@@H](Nc2ncnc3nc[nH]c23)[C@H](O)[C@@H]1O. The molecule has 14 rings (SSSR count). The number of nitrogens with one attached hydrogen (secondary N) is 7. The number of anilines is 6. The van der Waals surface area contributed by atoms with Crippen LogP contribution < -0.4 is 52.5 Å². The first-order chi connectivity index (χ1) is 54.1. The minimum absolute atomic E-state index is 0.0165. The molecule has 0 amide bonds. The van der Waals surface area contributed by atoms with Crippen LogP contribution in [0.5, 0.6) is 0 Å². The Bertz CT molecular complexity index is 4830. The molecule has 2 aromatic carbocycles. The molecule has 5 fully saturated rings. The van der Waals surface area contributed by atoms with Crippen LogP contribution in [0, 0.1) is 41.3 Å². The lowest BCUT2D eigenvalue weighted by molar-refractivity contribution is -0.00332. The minimum Gasteiger partial charge on any atom is -0.390 e. The molecular formula is C68H97FN20O21S4. The van der Waals surface area contributed by atoms with E-state index in [1.165, 1.54) is 74.6 Å². The van der Waals surface area contributed by atoms with E-state index in [0.29, 0.717) is 89.1 Å². The number of benzene rings is 2. The number of fused-ring (bicyclic) bond motifs is 3. The van der Waals surface area contributed by atoms with Crippen LogP contribution in [0.25, 0.3) is 11.2 Å². The van der Waals surface area contributed by atoms with Crippen molar-refractivity contribution in [3.8, 4) is 0 Å². The highest BCUT2D eigenvalue weighted by atomic mass is 32.2. The van der Waals surface area contributed by atoms with Crippen molar-refractivity contribution in [1.29, 1.82) is 0 Å². The molecule has 23 N–H and O–H groups in total. The van der Waals surface area contributed by atoms with Crippen molar-refractivity contribution >= 4 is 87.4 Å². The zero-order valence-corrected chi connectivity index (χ0v) is 64.9. The van der Waals surface area contributed by atoms with Gasteiger partial charge in [0.2, 0.25) is 5.95 Å². The number of aromatic nitrogens is 10. The molecule has 41 nitrogen and oxygen atoms in total. The van der Waals surface area contributed by atoms with Crippen LogP contribution in [-0.4, -0.2) is 238 Å². The maximum atomic E-state index is 14.0. The van der Waals surface area contributed by atoms with Gasteiger partial charge in [-0.1, -0.05) is 55.7 Å². The van der Waals surface area contributed by atoms with Crippen molar-refractivity contribution in [2.75, 3.05) is 72.0 Å². The summed E-state index contributed by atoms with van der Waals surface area (Å²) in [4.78, 5) is 40.6. The quantitative estimate of drug-likeness (QED) is 0.0282. The average molecular weight is 1680 g/mol. The van der Waals surface area contributed by atoms with Gasteiger partial charge in [0.25, 0.3) is 0 Å². The van der Waals surface area contributed by atoms with Crippen molar-refractivity contribution in [3.63, 3.8) is 0 Å². The van der Waals surface area contributed by atoms with Gasteiger partial charge in [-0.3, -0.25) is 16.7 Å². The maximum Gasteiger partial charge on any atom is 0.333 e. The summed E-state index contributed by atoms with van der Waals surface area (Å²) in [5.74, 6) is 0.876. The summed E-state index contributed by atoms with van der Waals surface area (Å²) < 4.78 is 125. The molecular weight excluding hydrogens is 1580 g/mol. The Morgan fingerprint density at radius 2 is 1.04 bits per heavy atom. The van der Waals surface area contributed by atoms with Gasteiger partial charge in [-0.05, 0) is 104 Å². The fourth-order valence-electron chi connectivity index (χ4n) is 15.6. The molecule has 0 bridgehead atoms. The summed E-state index contributed by atoms with van der Waals surface area (Å²) in [6.45, 7) is -0.361. The highest BCUT2D eigenvalue weighted by Gasteiger charge is 2.46. The predicted octanol–water partition coefficient (Wildman–Crippen LogP) is -0.915. The molecule has 0 spiro atoms. The second-order valence-corrected chi connectivity index (χ2v) is 34.1. The van der Waals surface area contributed by atoms with Gasteiger partial charge in [0.05, 0.1) is 99.6 Å². The van der Waals surface area contributed by atoms with Gasteiger partial charge in [0.1, 0.15) is 71.9 Å². The van der Waals surface area contributed by atoms with E-state index < -0.39 is 132 Å². The highest BCUT2D eigenvalue weighted by Crippen LogP contribution is 2.40. The Morgan fingerprint density at radius 1 is 0.518 bits per heavy atom. The summed E-state index contributed by atoms with van der Waals surface area (Å²) in [6.07, 6.45) is 8.41. The molecule has 0 unspecified atom stereocenters. The number of methoxy groups -OCH3 is 1. The number of aromatic amines is 1. The lowest BCUT2D eigenvalue weighted by Crippen LogP contribution is -2.36. The molecule has 19 atom stereocenters. The van der Waals surface area contributed by atoms with Crippen LogP contribution in [-0.2, 0) is 81.9 Å². The fourth-order valence-corrected chi connectivity index (χ4v) is 17.1. The van der Waals surface area contributed by atoms with Crippen LogP contribution >= 0.6 is 0 Å². The van der Waals surface area contributed by atoms with E-state index >= 15 is 0 Å². The predicted molar refractivity (Wildman–Crippen MR) is 407 cm³/mol. The summed E-state index contributed by atoms with van der Waals surface area (Å²) in [6, 6.07) is 16.6. The number of rotatable bonds is 28. The largest absolute Gasteiger partial charge is 0.390 e. The Balaban J connectivity index is 0.000000151. The summed E-state index contributed by atoms with van der Waals surface area (Å²) >= 11 is 0. The summed E-state index contributed by atoms with van der Waals surface area (Å²) in [5.41, 5.74) is 5.76. The number of aliphatic hydroxyl groups excluding tert-OH is 8. The first kappa shape index (κ1) is 86.9. The number of ether oxygens (including phenoxy) is 1. The average Bonchev–Trinajstić information content (AvgIpc) is 1.67. The van der Waals surface area contributed by atoms with Gasteiger partial charge in [-0.15, -0.1) is 0 Å². The standard InChI is InChI=1S/C21H28N4O6S.C19H24FN5O5S.C17H29N5O5S.C11H16N6O5S/c1-30-17-8-12-4-2-3-5-16(12)19(17)25-18-9-15(23-11-24-18)7-13-6-14(21(27)20(13)26)10-31-32(22,28)29;20-13-3-1-2-12-11(13)4-5-14(12)24-16-7-17(23-9-22-16)25-15-6-10(18(26)19(15)27)8-30-31(21,28)29;18-28(25,26)27-10-12-8-13(16(24)15(12)23)21-14-6-7-19-17(22-14)20-9-11-4-2-1-3-5-11;12-23(20,21)22-2-5-1-6(9(19)8(5)18)17-11-7-10(14-3-13-7)15-4-16-11/h2-5,9,11,13-14,17,19-21,26-27H,6-8,10H2,1H3,(H2,22,28,29)(H,23,24,25);1-3,7,9-10,14-15,18-19,26-27H,4-6,8H2,(H2,21,28,29)(H2,22,23,24,25);6-7,11-13,15-16,23-24H,1-5,8-10H2,(H2,18,25,26)(H2,19,20,21,22);3-6,8-9,18-19H,1-2H2,(H2,12,20,21)(H2,13,14,15,16,17)/t13-,14+,17-,19+,20-,21+;10-,14+,15-,18-,19+;12-,13-,15-,16+;5-,6-,8-,9+/m0111/s1. The van der Waals surface area contributed by atoms with E-state index in [9.17, 15) is 78.9 Å². The molecule has 5 saturated carbocycles. The van der Waals surface area contributed by atoms with Crippen molar-refractivity contribution in [3.05, 3.63) is 126 Å². The lowest BCUT2D eigenvalue weighted by Gasteiger charge is -2.22. The van der Waals surface area contributed by atoms with Crippen molar-refractivity contribution in [2.45, 2.75) is 169 Å². The van der Waals surface area contributed by atoms with Gasteiger partial charge in [-0.2, -0.15) is 38.7 Å². The van der Waals surface area contributed by atoms with Crippen molar-refractivity contribution in [2.24, 2.45) is 56.1 Å². The number of imidazole rings is 1. The topological polar surface area (TPSA) is 653 Å². The van der Waals surface area contributed by atoms with Crippen LogP contribution in [0.15, 0.2) is 92.2 Å². The van der Waals surface area contributed by atoms with Crippen LogP contribution in [0.1, 0.15) is 104 Å². The van der Waals surface area contributed by atoms with E-state index in [1.54, 1.807) is 31.5 Å². The number of hydrogen-bond donors (Lipinski definition) is 19. The van der Waals surface area contributed by atoms with E-state index in [0.717, 1.165) is 24.9 Å². The van der Waals surface area contributed by atoms with E-state index in [2.05, 4.69) is 111 Å². The molecule has 114 heavy (non-hydrogen) atoms. The van der Waals surface area contributed by atoms with E-state index in [1.807, 2.05) is 24.3 Å². The Labute approximate surface area is 656 Å². The van der Waals surface area contributed by atoms with Crippen molar-refractivity contribution < 1.29 is 100 Å². The van der Waals surface area contributed by atoms with Crippen LogP contribution in [0.4, 0.5) is 39.4 Å². The summed E-state index contributed by atoms with van der Waals surface area (Å²) in [5, 5.41) is 120. The lowest BCUT2D eigenvalue weighted by atomic mass is 9.89. The molecule has 7 aliphatic rings. The normalized spacial score (nSPS) is 28.7. The molecule has 5 aromatic heterocycles. The monoisotopic (exact) mass is 1680 g/mol. The molecule has 0 aliphatic heterocycles. The number of aliphatic hydroxyl groups is 8. The van der Waals surface area contributed by atoms with Gasteiger partial charge in [0, 0.05) is 67.8 Å². The third-order valence-electron chi connectivity index (χ3n) is 21.4. The summed E-state index contributed by atoms with van der Waals surface area (Å²) in [7, 11) is -14.7. The number of halogens is 1. The van der Waals surface area contributed by atoms with Crippen LogP contribution in [0.2, 0.25) is 0 Å². The molecule has 5 heterocycles. The smallest absolute Gasteiger partial charge is 0.333 e. The van der Waals surface area contributed by atoms with E-state index in [4.69, 9.17) is 25.3 Å². The molecule has 7 aromatic rings. The second-order valence-electron chi connectivity index (χ2n) is 29.2. The number of H-pyrrole nitrogens is 1. The Morgan fingerprint density at radius 3 is 1.63 bits per heavy atom. The minimum atomic E-state index is -4.14. The van der Waals surface area contributed by atoms with Gasteiger partial charge >= 0.3 is 41.2 Å². The first-order valence-corrected chi connectivity index (χ1v) is 42.7. The second kappa shape index (κ2) is 38.4. The molecule has 7 aliphatic carbocycles.